The van der Waals surface area contributed by atoms with Gasteiger partial charge in [0.1, 0.15) is 10.5 Å². The molecule has 2 aromatic heterocycles. The summed E-state index contributed by atoms with van der Waals surface area (Å²) in [5.41, 5.74) is 0.981. The van der Waals surface area contributed by atoms with Crippen LogP contribution in [0.3, 0.4) is 0 Å². The van der Waals surface area contributed by atoms with Crippen molar-refractivity contribution in [1.29, 1.82) is 0 Å². The van der Waals surface area contributed by atoms with Gasteiger partial charge in [0.15, 0.2) is 0 Å². The molecular weight excluding hydrogens is 423 g/mol. The molecule has 3 aromatic carbocycles. The second-order valence-electron chi connectivity index (χ2n) is 6.89. The van der Waals surface area contributed by atoms with E-state index in [1.165, 1.54) is 23.5 Å². The molecule has 5 rings (SSSR count). The highest BCUT2D eigenvalue weighted by Gasteiger charge is 2.19. The van der Waals surface area contributed by atoms with Gasteiger partial charge in [0.2, 0.25) is 0 Å². The van der Waals surface area contributed by atoms with E-state index in [2.05, 4.69) is 0 Å². The van der Waals surface area contributed by atoms with E-state index in [0.717, 1.165) is 20.2 Å². The average molecular weight is 437 g/mol. The van der Waals surface area contributed by atoms with Crippen LogP contribution in [-0.4, -0.2) is 9.13 Å². The number of nitrogens with zero attached hydrogens (tertiary/aromatic N) is 2. The Kier molecular flexibility index (Phi) is 4.53. The summed E-state index contributed by atoms with van der Waals surface area (Å²) in [5, 5.41) is 1.36. The Morgan fingerprint density at radius 3 is 2.33 bits per heavy atom. The maximum Gasteiger partial charge on any atom is 0.336 e. The molecule has 148 valence electrons. The molecule has 0 amide bonds. The minimum atomic E-state index is -0.456. The molecule has 0 saturated heterocycles. The van der Waals surface area contributed by atoms with Gasteiger partial charge < -0.3 is 0 Å². The Morgan fingerprint density at radius 2 is 1.60 bits per heavy atom. The summed E-state index contributed by atoms with van der Waals surface area (Å²) >= 11 is 7.34. The van der Waals surface area contributed by atoms with Gasteiger partial charge in [-0.25, -0.2) is 13.8 Å². The quantitative estimate of drug-likeness (QED) is 0.390. The first-order valence-corrected chi connectivity index (χ1v) is 10.4. The molecule has 0 N–H and O–H groups in total. The second-order valence-corrected chi connectivity index (χ2v) is 8.38. The summed E-state index contributed by atoms with van der Waals surface area (Å²) in [7, 11) is 0. The van der Waals surface area contributed by atoms with E-state index in [4.69, 9.17) is 11.6 Å². The molecule has 0 aliphatic carbocycles. The summed E-state index contributed by atoms with van der Waals surface area (Å²) in [6.45, 7) is 0.213. The average Bonchev–Trinajstić information content (AvgIpc) is 3.14. The first-order valence-electron chi connectivity index (χ1n) is 9.20. The van der Waals surface area contributed by atoms with E-state index in [-0.39, 0.29) is 17.9 Å². The minimum absolute atomic E-state index is 0.213. The third-order valence-corrected chi connectivity index (χ3v) is 6.40. The highest BCUT2D eigenvalue weighted by molar-refractivity contribution is 7.25. The van der Waals surface area contributed by atoms with Gasteiger partial charge in [-0.05, 0) is 48.0 Å². The fraction of sp³-hybridized carbons (Fsp3) is 0.0435. The molecule has 0 fully saturated rings. The van der Waals surface area contributed by atoms with Crippen molar-refractivity contribution in [2.24, 2.45) is 0 Å². The van der Waals surface area contributed by atoms with Gasteiger partial charge in [0.25, 0.3) is 5.56 Å². The zero-order valence-corrected chi connectivity index (χ0v) is 17.1. The maximum atomic E-state index is 13.5. The first-order chi connectivity index (χ1) is 14.5. The van der Waals surface area contributed by atoms with E-state index in [0.29, 0.717) is 20.9 Å². The molecule has 0 aliphatic heterocycles. The lowest BCUT2D eigenvalue weighted by atomic mass is 10.2. The van der Waals surface area contributed by atoms with Crippen molar-refractivity contribution in [3.8, 4) is 5.69 Å². The number of thiophene rings is 1. The van der Waals surface area contributed by atoms with Crippen molar-refractivity contribution < 1.29 is 4.39 Å². The Morgan fingerprint density at radius 1 is 0.900 bits per heavy atom. The van der Waals surface area contributed by atoms with Crippen molar-refractivity contribution in [1.82, 2.24) is 9.13 Å². The van der Waals surface area contributed by atoms with Gasteiger partial charge in [-0.1, -0.05) is 41.9 Å². The highest BCUT2D eigenvalue weighted by atomic mass is 35.5. The Bertz CT molecular complexity index is 1520. The van der Waals surface area contributed by atoms with Crippen molar-refractivity contribution in [2.45, 2.75) is 6.54 Å². The number of hydrogen-bond donors (Lipinski definition) is 0. The molecular formula is C23H14ClFN2O2S. The molecule has 0 saturated carbocycles. The van der Waals surface area contributed by atoms with Crippen LogP contribution in [0, 0.1) is 5.82 Å². The molecule has 5 aromatic rings. The van der Waals surface area contributed by atoms with E-state index in [1.807, 2.05) is 24.3 Å². The normalized spacial score (nSPS) is 11.4. The van der Waals surface area contributed by atoms with Crippen molar-refractivity contribution >= 4 is 43.2 Å². The lowest BCUT2D eigenvalue weighted by Gasteiger charge is -2.13. The SMILES string of the molecule is O=c1c2sc3ccccc3c2n(Cc2ccc(F)cc2)c(=O)n1-c1ccc(Cl)cc1. The van der Waals surface area contributed by atoms with Gasteiger partial charge in [-0.2, -0.15) is 0 Å². The first kappa shape index (κ1) is 18.8. The maximum absolute atomic E-state index is 13.5. The minimum Gasteiger partial charge on any atom is -0.287 e. The molecule has 4 nitrogen and oxygen atoms in total. The molecule has 0 bridgehead atoms. The predicted molar refractivity (Wildman–Crippen MR) is 120 cm³/mol. The van der Waals surface area contributed by atoms with E-state index < -0.39 is 5.69 Å². The predicted octanol–water partition coefficient (Wildman–Crippen LogP) is 5.21. The van der Waals surface area contributed by atoms with Crippen molar-refractivity contribution in [3.63, 3.8) is 0 Å². The third-order valence-electron chi connectivity index (χ3n) is 5.00. The van der Waals surface area contributed by atoms with Gasteiger partial charge in [-0.3, -0.25) is 9.36 Å². The van der Waals surface area contributed by atoms with Crippen LogP contribution in [0.2, 0.25) is 5.02 Å². The molecule has 0 aliphatic rings. The van der Waals surface area contributed by atoms with Crippen LogP contribution in [0.5, 0.6) is 0 Å². The molecule has 0 spiro atoms. The highest BCUT2D eigenvalue weighted by Crippen LogP contribution is 2.31. The fourth-order valence-electron chi connectivity index (χ4n) is 3.59. The summed E-state index contributed by atoms with van der Waals surface area (Å²) in [6, 6.07) is 20.2. The van der Waals surface area contributed by atoms with Crippen LogP contribution in [0.4, 0.5) is 4.39 Å². The van der Waals surface area contributed by atoms with E-state index >= 15 is 0 Å². The van der Waals surface area contributed by atoms with Crippen LogP contribution in [0.1, 0.15) is 5.56 Å². The van der Waals surface area contributed by atoms with Crippen LogP contribution in [-0.2, 0) is 6.54 Å². The molecule has 0 unspecified atom stereocenters. The van der Waals surface area contributed by atoms with E-state index in [9.17, 15) is 14.0 Å². The summed E-state index contributed by atoms with van der Waals surface area (Å²) in [5.74, 6) is -0.344. The van der Waals surface area contributed by atoms with Crippen molar-refractivity contribution in [3.05, 3.63) is 110 Å². The number of fused-ring (bicyclic) bond motifs is 3. The standard InChI is InChI=1S/C23H14ClFN2O2S/c24-15-7-11-17(12-8-15)27-22(28)21-20(18-3-1-2-4-19(18)30-21)26(23(27)29)13-14-5-9-16(25)10-6-14/h1-12H,13H2. The summed E-state index contributed by atoms with van der Waals surface area (Å²) in [6.07, 6.45) is 0. The Balaban J connectivity index is 1.87. The summed E-state index contributed by atoms with van der Waals surface area (Å²) in [4.78, 5) is 26.9. The van der Waals surface area contributed by atoms with E-state index in [1.54, 1.807) is 41.0 Å². The van der Waals surface area contributed by atoms with Gasteiger partial charge >= 0.3 is 5.69 Å². The monoisotopic (exact) mass is 436 g/mol. The molecule has 30 heavy (non-hydrogen) atoms. The lowest BCUT2D eigenvalue weighted by molar-refractivity contribution is 0.626. The van der Waals surface area contributed by atoms with Gasteiger partial charge in [0, 0.05) is 15.1 Å². The molecule has 7 heteroatoms. The number of benzene rings is 3. The number of hydrogen-bond acceptors (Lipinski definition) is 3. The molecule has 0 radical (unpaired) electrons. The zero-order valence-electron chi connectivity index (χ0n) is 15.5. The van der Waals surface area contributed by atoms with Gasteiger partial charge in [-0.15, -0.1) is 11.3 Å². The Hall–Kier alpha value is -3.22. The number of aromatic nitrogens is 2. The zero-order chi connectivity index (χ0) is 20.8. The largest absolute Gasteiger partial charge is 0.336 e. The van der Waals surface area contributed by atoms with Crippen LogP contribution in [0.15, 0.2) is 82.4 Å². The third kappa shape index (κ3) is 3.05. The number of halogens is 2. The fourth-order valence-corrected chi connectivity index (χ4v) is 4.85. The molecule has 0 atom stereocenters. The van der Waals surface area contributed by atoms with Crippen LogP contribution < -0.4 is 11.2 Å². The molecule has 2 heterocycles. The second kappa shape index (κ2) is 7.23. The summed E-state index contributed by atoms with van der Waals surface area (Å²) < 4.78 is 17.5. The smallest absolute Gasteiger partial charge is 0.287 e. The number of rotatable bonds is 3. The van der Waals surface area contributed by atoms with Crippen molar-refractivity contribution in [2.75, 3.05) is 0 Å². The lowest BCUT2D eigenvalue weighted by Crippen LogP contribution is -2.38. The van der Waals surface area contributed by atoms with Crippen LogP contribution >= 0.6 is 22.9 Å². The van der Waals surface area contributed by atoms with Gasteiger partial charge in [0.05, 0.1) is 17.7 Å². The Labute approximate surface area is 179 Å². The topological polar surface area (TPSA) is 44.0 Å². The van der Waals surface area contributed by atoms with Crippen LogP contribution in [0.25, 0.3) is 26.0 Å².